The molecule has 3 aromatic carbocycles. The van der Waals surface area contributed by atoms with Gasteiger partial charge in [-0.15, -0.1) is 0 Å². The molecular formula is C39H26N4O2. The highest BCUT2D eigenvalue weighted by Gasteiger charge is 2.27. The lowest BCUT2D eigenvalue weighted by Crippen LogP contribution is -2.14. The summed E-state index contributed by atoms with van der Waals surface area (Å²) >= 11 is 0. The fraction of sp³-hybridized carbons (Fsp3) is 0.103. The summed E-state index contributed by atoms with van der Waals surface area (Å²) in [6.07, 6.45) is 0. The Kier molecular flexibility index (Phi) is 8.54. The maximum Gasteiger partial charge on any atom is 0.338 e. The van der Waals surface area contributed by atoms with Crippen molar-refractivity contribution in [3.8, 4) is 35.4 Å². The number of carbonyl (C=O) groups is 1. The number of allylic oxidation sites excluding steroid dienone is 2. The van der Waals surface area contributed by atoms with E-state index in [0.29, 0.717) is 43.8 Å². The molecule has 2 aliphatic carbocycles. The first-order valence-electron chi connectivity index (χ1n) is 14.2. The minimum absolute atomic E-state index is 0.0392. The van der Waals surface area contributed by atoms with E-state index in [9.17, 15) is 25.8 Å². The Bertz CT molecular complexity index is 2240. The Morgan fingerprint density at radius 2 is 1.31 bits per heavy atom. The number of carbonyl (C=O) groups excluding carboxylic acids is 1. The number of ether oxygens (including phenoxy) is 1. The van der Waals surface area contributed by atoms with Crippen LogP contribution in [0.4, 0.5) is 0 Å². The van der Waals surface area contributed by atoms with Crippen LogP contribution in [0.3, 0.4) is 0 Å². The zero-order valence-electron chi connectivity index (χ0n) is 24.9. The summed E-state index contributed by atoms with van der Waals surface area (Å²) in [4.78, 5) is 13.2. The number of methoxy groups -OCH3 is 1. The molecule has 3 aromatic rings. The van der Waals surface area contributed by atoms with Crippen molar-refractivity contribution in [2.45, 2.75) is 19.8 Å². The maximum absolute atomic E-state index is 13.2. The molecular weight excluding hydrogens is 556 g/mol. The van der Waals surface area contributed by atoms with E-state index >= 15 is 0 Å². The molecule has 0 spiro atoms. The SMILES string of the molecule is COC(=O)c1cc(C(C(=C(C#N)C#N)c2cccc3ccccc23)=c2ccc(=C(C#N)C#N)cc2)c2cccc(C(C)C)cc1-2. The Hall–Kier alpha value is -6.47. The van der Waals surface area contributed by atoms with Gasteiger partial charge in [0.2, 0.25) is 0 Å². The Morgan fingerprint density at radius 3 is 1.96 bits per heavy atom. The van der Waals surface area contributed by atoms with E-state index in [4.69, 9.17) is 4.74 Å². The minimum Gasteiger partial charge on any atom is -0.465 e. The summed E-state index contributed by atoms with van der Waals surface area (Å²) < 4.78 is 5.20. The van der Waals surface area contributed by atoms with Crippen molar-refractivity contribution < 1.29 is 9.53 Å². The quantitative estimate of drug-likeness (QED) is 0.167. The molecule has 0 amide bonds. The van der Waals surface area contributed by atoms with Crippen molar-refractivity contribution >= 4 is 33.5 Å². The molecule has 0 bridgehead atoms. The molecule has 0 fully saturated rings. The molecule has 6 heteroatoms. The largest absolute Gasteiger partial charge is 0.465 e. The van der Waals surface area contributed by atoms with Gasteiger partial charge in [0.1, 0.15) is 35.4 Å². The predicted octanol–water partition coefficient (Wildman–Crippen LogP) is 6.75. The first-order chi connectivity index (χ1) is 21.9. The van der Waals surface area contributed by atoms with Gasteiger partial charge < -0.3 is 4.74 Å². The van der Waals surface area contributed by atoms with Crippen molar-refractivity contribution in [2.75, 3.05) is 7.11 Å². The third kappa shape index (κ3) is 5.53. The zero-order valence-corrected chi connectivity index (χ0v) is 24.9. The molecule has 0 unspecified atom stereocenters. The van der Waals surface area contributed by atoms with Gasteiger partial charge in [0.25, 0.3) is 0 Å². The van der Waals surface area contributed by atoms with Crippen LogP contribution in [0.1, 0.15) is 46.8 Å². The van der Waals surface area contributed by atoms with Gasteiger partial charge in [-0.1, -0.05) is 105 Å². The lowest BCUT2D eigenvalue weighted by atomic mass is 9.84. The lowest BCUT2D eigenvalue weighted by molar-refractivity contribution is 0.0602. The number of nitriles is 4. The van der Waals surface area contributed by atoms with Gasteiger partial charge in [0, 0.05) is 10.8 Å². The molecule has 0 aliphatic heterocycles. The van der Waals surface area contributed by atoms with E-state index in [0.717, 1.165) is 21.9 Å². The highest BCUT2D eigenvalue weighted by Crippen LogP contribution is 2.43. The van der Waals surface area contributed by atoms with E-state index < -0.39 is 5.97 Å². The van der Waals surface area contributed by atoms with Gasteiger partial charge in [0.05, 0.1) is 12.7 Å². The smallest absolute Gasteiger partial charge is 0.338 e. The number of fused-ring (bicyclic) bond motifs is 2. The van der Waals surface area contributed by atoms with Crippen LogP contribution >= 0.6 is 0 Å². The lowest BCUT2D eigenvalue weighted by Gasteiger charge is -2.17. The van der Waals surface area contributed by atoms with Gasteiger partial charge in [0.15, 0.2) is 0 Å². The normalized spacial score (nSPS) is 10.3. The number of benzene rings is 3. The van der Waals surface area contributed by atoms with Crippen LogP contribution in [-0.4, -0.2) is 13.1 Å². The van der Waals surface area contributed by atoms with Crippen LogP contribution in [0.25, 0.3) is 38.6 Å². The average Bonchev–Trinajstić information content (AvgIpc) is 3.26. The average molecular weight is 583 g/mol. The first kappa shape index (κ1) is 30.0. The zero-order chi connectivity index (χ0) is 32.1. The van der Waals surface area contributed by atoms with E-state index in [-0.39, 0.29) is 17.1 Å². The number of esters is 1. The van der Waals surface area contributed by atoms with E-state index in [1.54, 1.807) is 30.3 Å². The highest BCUT2D eigenvalue weighted by molar-refractivity contribution is 6.16. The summed E-state index contributed by atoms with van der Waals surface area (Å²) in [6.45, 7) is 4.15. The minimum atomic E-state index is -0.513. The Balaban J connectivity index is 2.03. The van der Waals surface area contributed by atoms with Gasteiger partial charge in [-0.25, -0.2) is 4.79 Å². The molecule has 2 aliphatic rings. The topological polar surface area (TPSA) is 121 Å². The second-order valence-corrected chi connectivity index (χ2v) is 10.7. The standard InChI is InChI=1S/C39H26N4O2/c1-24(2)28-10-7-12-32-34(18-28)36(39(44)45-3)19-35(32)37(27-16-14-25(15-17-27)29(20-40)21-41)38(30(22-42)23-43)33-13-6-9-26-8-4-5-11-31(26)33/h4-19,24H,1-3H3. The summed E-state index contributed by atoms with van der Waals surface area (Å²) in [6, 6.07) is 38.0. The van der Waals surface area contributed by atoms with Gasteiger partial charge in [-0.2, -0.15) is 21.0 Å². The summed E-state index contributed by atoms with van der Waals surface area (Å²) in [5.41, 5.74) is 4.88. The summed E-state index contributed by atoms with van der Waals surface area (Å²) in [5, 5.41) is 42.4. The van der Waals surface area contributed by atoms with Crippen LogP contribution in [0.2, 0.25) is 0 Å². The fourth-order valence-corrected chi connectivity index (χ4v) is 5.61. The van der Waals surface area contributed by atoms with Crippen molar-refractivity contribution in [3.63, 3.8) is 0 Å². The molecule has 0 saturated carbocycles. The van der Waals surface area contributed by atoms with Crippen molar-refractivity contribution in [2.24, 2.45) is 0 Å². The Labute approximate surface area is 261 Å². The third-order valence-electron chi connectivity index (χ3n) is 7.83. The maximum atomic E-state index is 13.2. The van der Waals surface area contributed by atoms with Gasteiger partial charge in [-0.3, -0.25) is 0 Å². The summed E-state index contributed by atoms with van der Waals surface area (Å²) in [7, 11) is 1.33. The number of hydrogen-bond donors (Lipinski definition) is 0. The molecule has 45 heavy (non-hydrogen) atoms. The molecule has 214 valence electrons. The third-order valence-corrected chi connectivity index (χ3v) is 7.83. The van der Waals surface area contributed by atoms with Crippen molar-refractivity contribution in [3.05, 3.63) is 135 Å². The highest BCUT2D eigenvalue weighted by atomic mass is 16.5. The fourth-order valence-electron chi connectivity index (χ4n) is 5.61. The molecule has 0 saturated heterocycles. The number of hydrogen-bond acceptors (Lipinski definition) is 6. The van der Waals surface area contributed by atoms with Crippen LogP contribution < -0.4 is 10.4 Å². The second kappa shape index (κ2) is 12.8. The molecule has 0 N–H and O–H groups in total. The van der Waals surface area contributed by atoms with E-state index in [1.165, 1.54) is 7.11 Å². The van der Waals surface area contributed by atoms with Crippen LogP contribution in [0, 0.1) is 45.3 Å². The van der Waals surface area contributed by atoms with Gasteiger partial charge in [-0.05, 0) is 61.4 Å². The first-order valence-corrected chi connectivity index (χ1v) is 14.2. The molecule has 0 radical (unpaired) electrons. The monoisotopic (exact) mass is 582 g/mol. The van der Waals surface area contributed by atoms with Crippen LogP contribution in [0.5, 0.6) is 0 Å². The number of rotatable bonds is 5. The van der Waals surface area contributed by atoms with Crippen LogP contribution in [0.15, 0.2) is 103 Å². The van der Waals surface area contributed by atoms with E-state index in [2.05, 4.69) is 26.0 Å². The van der Waals surface area contributed by atoms with Gasteiger partial charge >= 0.3 is 5.97 Å². The molecule has 0 aromatic heterocycles. The second-order valence-electron chi connectivity index (χ2n) is 10.7. The van der Waals surface area contributed by atoms with Crippen LogP contribution in [-0.2, 0) is 4.74 Å². The van der Waals surface area contributed by atoms with Crippen molar-refractivity contribution in [1.29, 1.82) is 21.0 Å². The van der Waals surface area contributed by atoms with Crippen molar-refractivity contribution in [1.82, 2.24) is 0 Å². The number of nitrogens with zero attached hydrogens (tertiary/aromatic N) is 4. The van der Waals surface area contributed by atoms with E-state index in [1.807, 2.05) is 78.9 Å². The molecule has 6 nitrogen and oxygen atoms in total. The molecule has 0 atom stereocenters. The molecule has 5 rings (SSSR count). The summed E-state index contributed by atoms with van der Waals surface area (Å²) in [5.74, 6) is -0.332. The molecule has 0 heterocycles. The predicted molar refractivity (Wildman–Crippen MR) is 173 cm³/mol. The Morgan fingerprint density at radius 1 is 0.667 bits per heavy atom.